The molecule has 4 fully saturated rings. The van der Waals surface area contributed by atoms with Gasteiger partial charge in [0.25, 0.3) is 0 Å². The third-order valence-corrected chi connectivity index (χ3v) is 10.4. The van der Waals surface area contributed by atoms with Gasteiger partial charge in [-0.3, -0.25) is 0 Å². The van der Waals surface area contributed by atoms with Crippen LogP contribution >= 0.6 is 0 Å². The van der Waals surface area contributed by atoms with E-state index < -0.39 is 0 Å². The van der Waals surface area contributed by atoms with E-state index in [1.54, 1.807) is 0 Å². The third kappa shape index (κ3) is 2.78. The fraction of sp³-hybridized carbons (Fsp3) is 1.00. The van der Waals surface area contributed by atoms with Crippen LogP contribution in [0.2, 0.25) is 0 Å². The molecule has 0 amide bonds. The summed E-state index contributed by atoms with van der Waals surface area (Å²) < 4.78 is 0. The van der Waals surface area contributed by atoms with Gasteiger partial charge >= 0.3 is 0 Å². The van der Waals surface area contributed by atoms with Crippen LogP contribution in [0.3, 0.4) is 0 Å². The fourth-order valence-corrected chi connectivity index (χ4v) is 9.06. The molecule has 0 bridgehead atoms. The van der Waals surface area contributed by atoms with Crippen LogP contribution in [0.5, 0.6) is 0 Å². The molecular formula is C24H42O3. The molecule has 3 nitrogen and oxygen atoms in total. The van der Waals surface area contributed by atoms with Gasteiger partial charge in [-0.25, -0.2) is 0 Å². The van der Waals surface area contributed by atoms with E-state index in [1.165, 1.54) is 25.7 Å². The second kappa shape index (κ2) is 6.99. The Balaban J connectivity index is 1.69. The van der Waals surface area contributed by atoms with E-state index in [0.29, 0.717) is 48.0 Å². The normalized spacial score (nSPS) is 56.1. The van der Waals surface area contributed by atoms with Crippen LogP contribution in [0.4, 0.5) is 0 Å². The minimum atomic E-state index is -0.212. The minimum absolute atomic E-state index is 0.170. The topological polar surface area (TPSA) is 60.7 Å². The van der Waals surface area contributed by atoms with Gasteiger partial charge in [0.1, 0.15) is 0 Å². The van der Waals surface area contributed by atoms with Gasteiger partial charge in [0.15, 0.2) is 0 Å². The SMILES string of the molecule is CC[C@H]1[C@@H](O)[C@@H]2[C@H](CC[C@]3(C)[C@@H]([C@H](C)CO)CC[C@@H]23)[C@@]2(C)CC[C@@H](O)C[C@@H]12. The van der Waals surface area contributed by atoms with Crippen LogP contribution in [0.15, 0.2) is 0 Å². The maximum absolute atomic E-state index is 11.6. The van der Waals surface area contributed by atoms with Crippen molar-refractivity contribution < 1.29 is 15.3 Å². The van der Waals surface area contributed by atoms with E-state index in [-0.39, 0.29) is 23.0 Å². The Bertz CT molecular complexity index is 550. The summed E-state index contributed by atoms with van der Waals surface area (Å²) in [5.74, 6) is 3.40. The van der Waals surface area contributed by atoms with Crippen molar-refractivity contribution >= 4 is 0 Å². The zero-order chi connectivity index (χ0) is 19.6. The zero-order valence-electron chi connectivity index (χ0n) is 17.9. The highest BCUT2D eigenvalue weighted by Gasteiger charge is 2.64. The molecule has 0 unspecified atom stereocenters. The van der Waals surface area contributed by atoms with Crippen molar-refractivity contribution in [2.24, 2.45) is 52.3 Å². The number of aliphatic hydroxyl groups excluding tert-OH is 3. The lowest BCUT2D eigenvalue weighted by molar-refractivity contribution is -0.203. The first-order valence-electron chi connectivity index (χ1n) is 11.7. The summed E-state index contributed by atoms with van der Waals surface area (Å²) >= 11 is 0. The van der Waals surface area contributed by atoms with Crippen molar-refractivity contribution in [2.75, 3.05) is 6.61 Å². The Hall–Kier alpha value is -0.120. The molecule has 4 rings (SSSR count). The Kier molecular flexibility index (Phi) is 5.22. The monoisotopic (exact) mass is 378 g/mol. The first kappa shape index (κ1) is 20.2. The molecule has 0 spiro atoms. The van der Waals surface area contributed by atoms with Crippen molar-refractivity contribution in [1.82, 2.24) is 0 Å². The quantitative estimate of drug-likeness (QED) is 0.688. The Morgan fingerprint density at radius 1 is 0.926 bits per heavy atom. The highest BCUT2D eigenvalue weighted by Crippen LogP contribution is 2.69. The summed E-state index contributed by atoms with van der Waals surface area (Å²) in [7, 11) is 0. The molecule has 0 heterocycles. The Labute approximate surface area is 165 Å². The van der Waals surface area contributed by atoms with E-state index in [2.05, 4.69) is 27.7 Å². The molecule has 0 aromatic rings. The summed E-state index contributed by atoms with van der Waals surface area (Å²) in [5.41, 5.74) is 0.561. The van der Waals surface area contributed by atoms with Crippen LogP contribution in [-0.4, -0.2) is 34.1 Å². The molecule has 0 radical (unpaired) electrons. The molecule has 4 saturated carbocycles. The predicted octanol–water partition coefficient (Wildman–Crippen LogP) is 4.24. The number of fused-ring (bicyclic) bond motifs is 5. The van der Waals surface area contributed by atoms with Crippen molar-refractivity contribution in [1.29, 1.82) is 0 Å². The summed E-state index contributed by atoms with van der Waals surface area (Å²) in [6, 6.07) is 0. The maximum Gasteiger partial charge on any atom is 0.0605 e. The summed E-state index contributed by atoms with van der Waals surface area (Å²) in [5, 5.41) is 31.8. The molecule has 0 saturated heterocycles. The van der Waals surface area contributed by atoms with E-state index in [4.69, 9.17) is 0 Å². The highest BCUT2D eigenvalue weighted by molar-refractivity contribution is 5.13. The molecule has 0 aromatic heterocycles. The van der Waals surface area contributed by atoms with Gasteiger partial charge in [-0.2, -0.15) is 0 Å². The molecule has 4 aliphatic rings. The second-order valence-electron chi connectivity index (χ2n) is 11.3. The van der Waals surface area contributed by atoms with E-state index in [0.717, 1.165) is 25.7 Å². The fourth-order valence-electron chi connectivity index (χ4n) is 9.06. The first-order valence-corrected chi connectivity index (χ1v) is 11.7. The zero-order valence-corrected chi connectivity index (χ0v) is 17.9. The Morgan fingerprint density at radius 3 is 2.26 bits per heavy atom. The van der Waals surface area contributed by atoms with Crippen molar-refractivity contribution in [3.8, 4) is 0 Å². The lowest BCUT2D eigenvalue weighted by Crippen LogP contribution is -2.62. The summed E-state index contributed by atoms with van der Waals surface area (Å²) in [6.45, 7) is 9.73. The smallest absolute Gasteiger partial charge is 0.0605 e. The average Bonchev–Trinajstić information content (AvgIpc) is 3.00. The third-order valence-electron chi connectivity index (χ3n) is 10.4. The molecule has 3 heteroatoms. The molecule has 0 aromatic carbocycles. The summed E-state index contributed by atoms with van der Waals surface area (Å²) in [6.07, 6.45) is 8.52. The molecule has 3 N–H and O–H groups in total. The lowest BCUT2D eigenvalue weighted by Gasteiger charge is -2.64. The number of aliphatic hydroxyl groups is 3. The van der Waals surface area contributed by atoms with E-state index in [9.17, 15) is 15.3 Å². The first-order chi connectivity index (χ1) is 12.8. The van der Waals surface area contributed by atoms with Crippen molar-refractivity contribution in [3.05, 3.63) is 0 Å². The average molecular weight is 379 g/mol. The number of rotatable bonds is 3. The van der Waals surface area contributed by atoms with E-state index in [1.807, 2.05) is 0 Å². The Morgan fingerprint density at radius 2 is 1.59 bits per heavy atom. The van der Waals surface area contributed by atoms with Gasteiger partial charge in [-0.1, -0.05) is 34.1 Å². The van der Waals surface area contributed by atoms with E-state index >= 15 is 0 Å². The lowest BCUT2D eigenvalue weighted by atomic mass is 9.41. The maximum atomic E-state index is 11.6. The molecule has 11 atom stereocenters. The standard InChI is InChI=1S/C24H42O3/c1-5-16-20-12-15(26)8-10-24(20,4)19-9-11-23(3)17(14(2)13-25)6-7-18(23)21(19)22(16)27/h14-22,25-27H,5-13H2,1-4H3/t14-,15-,16-,17-,18+,19+,20+,21+,22-,23-,24-/m1/s1. The summed E-state index contributed by atoms with van der Waals surface area (Å²) in [4.78, 5) is 0. The van der Waals surface area contributed by atoms with Crippen molar-refractivity contribution in [2.45, 2.75) is 91.3 Å². The number of hydrogen-bond donors (Lipinski definition) is 3. The predicted molar refractivity (Wildman–Crippen MR) is 108 cm³/mol. The van der Waals surface area contributed by atoms with Gasteiger partial charge in [0, 0.05) is 6.61 Å². The van der Waals surface area contributed by atoms with Crippen LogP contribution in [0.25, 0.3) is 0 Å². The van der Waals surface area contributed by atoms with Gasteiger partial charge in [-0.15, -0.1) is 0 Å². The molecule has 4 aliphatic carbocycles. The highest BCUT2D eigenvalue weighted by atomic mass is 16.3. The second-order valence-corrected chi connectivity index (χ2v) is 11.3. The van der Waals surface area contributed by atoms with Crippen LogP contribution in [0, 0.1) is 52.3 Å². The molecular weight excluding hydrogens is 336 g/mol. The largest absolute Gasteiger partial charge is 0.396 e. The van der Waals surface area contributed by atoms with Gasteiger partial charge in [0.2, 0.25) is 0 Å². The van der Waals surface area contributed by atoms with Crippen LogP contribution in [0.1, 0.15) is 79.1 Å². The number of hydrogen-bond acceptors (Lipinski definition) is 3. The van der Waals surface area contributed by atoms with Crippen LogP contribution < -0.4 is 0 Å². The van der Waals surface area contributed by atoms with Gasteiger partial charge in [-0.05, 0) is 97.2 Å². The van der Waals surface area contributed by atoms with Gasteiger partial charge in [0.05, 0.1) is 12.2 Å². The minimum Gasteiger partial charge on any atom is -0.396 e. The molecule has 27 heavy (non-hydrogen) atoms. The molecule has 0 aliphatic heterocycles. The molecule has 156 valence electrons. The van der Waals surface area contributed by atoms with Gasteiger partial charge < -0.3 is 15.3 Å². The van der Waals surface area contributed by atoms with Crippen LogP contribution in [-0.2, 0) is 0 Å². The van der Waals surface area contributed by atoms with Crippen molar-refractivity contribution in [3.63, 3.8) is 0 Å².